The molecule has 0 fully saturated rings. The fourth-order valence-electron chi connectivity index (χ4n) is 2.00. The molecule has 0 radical (unpaired) electrons. The molecule has 0 N–H and O–H groups in total. The summed E-state index contributed by atoms with van der Waals surface area (Å²) < 4.78 is 5.70. The minimum Gasteiger partial charge on any atom is -0.494 e. The smallest absolute Gasteiger partial charge is 0.123 e. The van der Waals surface area contributed by atoms with Crippen molar-refractivity contribution in [1.29, 1.82) is 0 Å². The van der Waals surface area contributed by atoms with Crippen LogP contribution in [0.2, 0.25) is 5.02 Å². The summed E-state index contributed by atoms with van der Waals surface area (Å²) in [5.74, 6) is 0.912. The monoisotopic (exact) mass is 338 g/mol. The quantitative estimate of drug-likeness (QED) is 0.665. The molecule has 2 rings (SSSR count). The van der Waals surface area contributed by atoms with Gasteiger partial charge in [0.2, 0.25) is 0 Å². The zero-order valence-corrected chi connectivity index (χ0v) is 13.3. The second kappa shape index (κ2) is 6.44. The fourth-order valence-corrected chi connectivity index (χ4v) is 2.84. The molecule has 100 valence electrons. The molecule has 0 aliphatic heterocycles. The molecule has 19 heavy (non-hydrogen) atoms. The van der Waals surface area contributed by atoms with Crippen LogP contribution >= 0.6 is 27.5 Å². The Kier molecular flexibility index (Phi) is 4.89. The standard InChI is InChI=1S/C16H16BrClO/c1-3-19-15-8-7-11(2)9-14(15)16(17)12-5-4-6-13(18)10-12/h4-10,16H,3H2,1-2H3. The van der Waals surface area contributed by atoms with E-state index in [9.17, 15) is 0 Å². The molecule has 0 aromatic heterocycles. The zero-order chi connectivity index (χ0) is 13.8. The van der Waals surface area contributed by atoms with Crippen LogP contribution in [0.5, 0.6) is 5.75 Å². The summed E-state index contributed by atoms with van der Waals surface area (Å²) in [4.78, 5) is 0.0765. The first-order chi connectivity index (χ1) is 9.11. The van der Waals surface area contributed by atoms with Crippen molar-refractivity contribution in [3.8, 4) is 5.75 Å². The summed E-state index contributed by atoms with van der Waals surface area (Å²) in [5.41, 5.74) is 3.47. The van der Waals surface area contributed by atoms with Gasteiger partial charge in [-0.1, -0.05) is 57.4 Å². The Morgan fingerprint density at radius 3 is 2.68 bits per heavy atom. The van der Waals surface area contributed by atoms with Crippen LogP contribution in [0.1, 0.15) is 28.4 Å². The average molecular weight is 340 g/mol. The molecule has 0 heterocycles. The summed E-state index contributed by atoms with van der Waals surface area (Å²) >= 11 is 9.80. The van der Waals surface area contributed by atoms with Crippen LogP contribution in [0.3, 0.4) is 0 Å². The second-order valence-corrected chi connectivity index (χ2v) is 5.74. The predicted octanol–water partition coefficient (Wildman–Crippen LogP) is 5.53. The van der Waals surface area contributed by atoms with Crippen LogP contribution in [0.4, 0.5) is 0 Å². The minimum absolute atomic E-state index is 0.0765. The van der Waals surface area contributed by atoms with E-state index >= 15 is 0 Å². The molecule has 3 heteroatoms. The summed E-state index contributed by atoms with van der Waals surface area (Å²) in [7, 11) is 0. The maximum atomic E-state index is 6.06. The topological polar surface area (TPSA) is 9.23 Å². The number of aryl methyl sites for hydroxylation is 1. The van der Waals surface area contributed by atoms with Crippen LogP contribution in [-0.2, 0) is 0 Å². The average Bonchev–Trinajstić information content (AvgIpc) is 2.40. The van der Waals surface area contributed by atoms with Crippen LogP contribution < -0.4 is 4.74 Å². The first-order valence-electron chi connectivity index (χ1n) is 6.24. The molecule has 0 amide bonds. The Labute approximate surface area is 127 Å². The van der Waals surface area contributed by atoms with E-state index in [0.717, 1.165) is 21.9 Å². The first kappa shape index (κ1) is 14.4. The van der Waals surface area contributed by atoms with Crippen molar-refractivity contribution in [1.82, 2.24) is 0 Å². The second-order valence-electron chi connectivity index (χ2n) is 4.39. The number of ether oxygens (including phenoxy) is 1. The van der Waals surface area contributed by atoms with E-state index in [1.165, 1.54) is 5.56 Å². The van der Waals surface area contributed by atoms with E-state index in [0.29, 0.717) is 6.61 Å². The molecule has 2 aromatic carbocycles. The lowest BCUT2D eigenvalue weighted by Gasteiger charge is -2.16. The maximum Gasteiger partial charge on any atom is 0.123 e. The predicted molar refractivity (Wildman–Crippen MR) is 84.6 cm³/mol. The first-order valence-corrected chi connectivity index (χ1v) is 7.54. The van der Waals surface area contributed by atoms with Gasteiger partial charge < -0.3 is 4.74 Å². The Balaban J connectivity index is 2.42. The van der Waals surface area contributed by atoms with Gasteiger partial charge in [-0.05, 0) is 37.6 Å². The summed E-state index contributed by atoms with van der Waals surface area (Å²) in [6, 6.07) is 14.1. The lowest BCUT2D eigenvalue weighted by Crippen LogP contribution is -2.00. The van der Waals surface area contributed by atoms with Gasteiger partial charge in [0.1, 0.15) is 5.75 Å². The van der Waals surface area contributed by atoms with Gasteiger partial charge in [-0.15, -0.1) is 0 Å². The van der Waals surface area contributed by atoms with E-state index in [4.69, 9.17) is 16.3 Å². The highest BCUT2D eigenvalue weighted by Crippen LogP contribution is 2.37. The normalized spacial score (nSPS) is 12.2. The number of halogens is 2. The molecular formula is C16H16BrClO. The van der Waals surface area contributed by atoms with Gasteiger partial charge in [-0.2, -0.15) is 0 Å². The number of rotatable bonds is 4. The summed E-state index contributed by atoms with van der Waals surface area (Å²) in [6.45, 7) is 4.73. The summed E-state index contributed by atoms with van der Waals surface area (Å²) in [6.07, 6.45) is 0. The molecule has 0 spiro atoms. The highest BCUT2D eigenvalue weighted by molar-refractivity contribution is 9.09. The van der Waals surface area contributed by atoms with Gasteiger partial charge in [-0.3, -0.25) is 0 Å². The van der Waals surface area contributed by atoms with Crippen LogP contribution in [0.15, 0.2) is 42.5 Å². The molecule has 0 aliphatic carbocycles. The Morgan fingerprint density at radius 2 is 2.00 bits per heavy atom. The van der Waals surface area contributed by atoms with Gasteiger partial charge in [0.05, 0.1) is 11.4 Å². The zero-order valence-electron chi connectivity index (χ0n) is 11.0. The van der Waals surface area contributed by atoms with Crippen LogP contribution in [-0.4, -0.2) is 6.61 Å². The van der Waals surface area contributed by atoms with Crippen molar-refractivity contribution < 1.29 is 4.74 Å². The highest BCUT2D eigenvalue weighted by atomic mass is 79.9. The van der Waals surface area contributed by atoms with E-state index in [1.54, 1.807) is 0 Å². The molecule has 1 nitrogen and oxygen atoms in total. The highest BCUT2D eigenvalue weighted by Gasteiger charge is 2.16. The van der Waals surface area contributed by atoms with Crippen LogP contribution in [0, 0.1) is 6.92 Å². The number of benzene rings is 2. The maximum absolute atomic E-state index is 6.06. The fraction of sp³-hybridized carbons (Fsp3) is 0.250. The van der Waals surface area contributed by atoms with E-state index < -0.39 is 0 Å². The molecule has 0 saturated heterocycles. The Hall–Kier alpha value is -0.990. The van der Waals surface area contributed by atoms with Crippen molar-refractivity contribution in [3.63, 3.8) is 0 Å². The van der Waals surface area contributed by atoms with Gasteiger partial charge in [-0.25, -0.2) is 0 Å². The number of hydrogen-bond donors (Lipinski definition) is 0. The summed E-state index contributed by atoms with van der Waals surface area (Å²) in [5, 5.41) is 0.743. The van der Waals surface area contributed by atoms with Crippen LogP contribution in [0.25, 0.3) is 0 Å². The van der Waals surface area contributed by atoms with Crippen molar-refractivity contribution in [2.75, 3.05) is 6.61 Å². The minimum atomic E-state index is 0.0765. The Morgan fingerprint density at radius 1 is 1.21 bits per heavy atom. The van der Waals surface area contributed by atoms with Crippen molar-refractivity contribution in [3.05, 3.63) is 64.2 Å². The molecule has 0 bridgehead atoms. The molecular weight excluding hydrogens is 324 g/mol. The number of alkyl halides is 1. The van der Waals surface area contributed by atoms with Crippen molar-refractivity contribution in [2.24, 2.45) is 0 Å². The largest absolute Gasteiger partial charge is 0.494 e. The third kappa shape index (κ3) is 3.52. The van der Waals surface area contributed by atoms with Gasteiger partial charge in [0.25, 0.3) is 0 Å². The van der Waals surface area contributed by atoms with Crippen molar-refractivity contribution >= 4 is 27.5 Å². The molecule has 1 atom stereocenters. The van der Waals surface area contributed by atoms with Gasteiger partial charge >= 0.3 is 0 Å². The van der Waals surface area contributed by atoms with Crippen molar-refractivity contribution in [2.45, 2.75) is 18.7 Å². The molecule has 0 aliphatic rings. The molecule has 0 saturated carbocycles. The van der Waals surface area contributed by atoms with E-state index in [2.05, 4.69) is 41.1 Å². The lowest BCUT2D eigenvalue weighted by atomic mass is 10.0. The number of hydrogen-bond acceptors (Lipinski definition) is 1. The Bertz CT molecular complexity index is 568. The molecule has 1 unspecified atom stereocenters. The van der Waals surface area contributed by atoms with E-state index in [1.807, 2.05) is 31.2 Å². The van der Waals surface area contributed by atoms with Gasteiger partial charge in [0.15, 0.2) is 0 Å². The SMILES string of the molecule is CCOc1ccc(C)cc1C(Br)c1cccc(Cl)c1. The van der Waals surface area contributed by atoms with Gasteiger partial charge in [0, 0.05) is 10.6 Å². The third-order valence-electron chi connectivity index (χ3n) is 2.88. The molecule has 2 aromatic rings. The third-order valence-corrected chi connectivity index (χ3v) is 4.14. The lowest BCUT2D eigenvalue weighted by molar-refractivity contribution is 0.337. The van der Waals surface area contributed by atoms with E-state index in [-0.39, 0.29) is 4.83 Å².